The summed E-state index contributed by atoms with van der Waals surface area (Å²) in [4.78, 5) is 0. The molecule has 0 spiro atoms. The van der Waals surface area contributed by atoms with Crippen LogP contribution in [0.1, 0.15) is 19.3 Å². The molecule has 0 aromatic carbocycles. The molecule has 0 aliphatic heterocycles. The summed E-state index contributed by atoms with van der Waals surface area (Å²) in [5.41, 5.74) is 3.00. The Labute approximate surface area is 86.0 Å². The van der Waals surface area contributed by atoms with Gasteiger partial charge in [-0.25, -0.2) is 0 Å². The van der Waals surface area contributed by atoms with E-state index in [1.54, 1.807) is 0 Å². The lowest BCUT2D eigenvalue weighted by atomic mass is 9.91. The van der Waals surface area contributed by atoms with Gasteiger partial charge in [0.1, 0.15) is 0 Å². The number of hydrogen-bond donors (Lipinski definition) is 0. The molecule has 0 aromatic rings. The van der Waals surface area contributed by atoms with Crippen molar-refractivity contribution in [2.24, 2.45) is 5.92 Å². The summed E-state index contributed by atoms with van der Waals surface area (Å²) in [6, 6.07) is 0. The molecule has 72 valence electrons. The monoisotopic (exact) mass is 184 g/mol. The zero-order chi connectivity index (χ0) is 9.80. The van der Waals surface area contributed by atoms with Crippen molar-refractivity contribution in [1.29, 1.82) is 0 Å². The first-order chi connectivity index (χ1) is 6.92. The molecule has 2 rings (SSSR count). The lowest BCUT2D eigenvalue weighted by molar-refractivity contribution is 0.697. The van der Waals surface area contributed by atoms with Crippen molar-refractivity contribution in [3.05, 3.63) is 60.3 Å². The Hall–Kier alpha value is -1.30. The first-order valence-electron chi connectivity index (χ1n) is 5.27. The summed E-state index contributed by atoms with van der Waals surface area (Å²) in [6.07, 6.45) is 18.8. The topological polar surface area (TPSA) is 0 Å². The van der Waals surface area contributed by atoms with Gasteiger partial charge in [-0.3, -0.25) is 0 Å². The molecule has 2 aliphatic carbocycles. The smallest absolute Gasteiger partial charge is 0.00268 e. The van der Waals surface area contributed by atoms with Gasteiger partial charge in [-0.2, -0.15) is 0 Å². The van der Waals surface area contributed by atoms with E-state index in [1.807, 2.05) is 6.08 Å². The Bertz CT molecular complexity index is 337. The van der Waals surface area contributed by atoms with E-state index in [1.165, 1.54) is 17.6 Å². The van der Waals surface area contributed by atoms with Crippen LogP contribution < -0.4 is 0 Å². The van der Waals surface area contributed by atoms with Crippen molar-refractivity contribution in [2.75, 3.05) is 0 Å². The van der Waals surface area contributed by atoms with Crippen LogP contribution in [0.4, 0.5) is 0 Å². The lowest BCUT2D eigenvalue weighted by Crippen LogP contribution is -1.99. The molecule has 0 saturated carbocycles. The molecule has 1 atom stereocenters. The van der Waals surface area contributed by atoms with Gasteiger partial charge in [0.05, 0.1) is 0 Å². The molecule has 0 bridgehead atoms. The molecule has 0 fully saturated rings. The minimum Gasteiger partial charge on any atom is -0.103 e. The van der Waals surface area contributed by atoms with E-state index in [0.29, 0.717) is 5.92 Å². The van der Waals surface area contributed by atoms with E-state index in [0.717, 1.165) is 12.8 Å². The Morgan fingerprint density at radius 2 is 2.29 bits per heavy atom. The summed E-state index contributed by atoms with van der Waals surface area (Å²) < 4.78 is 0. The molecule has 0 saturated heterocycles. The molecular formula is C14H16. The molecule has 1 unspecified atom stereocenters. The molecule has 0 aromatic heterocycles. The molecule has 0 heterocycles. The zero-order valence-electron chi connectivity index (χ0n) is 8.45. The lowest BCUT2D eigenvalue weighted by Gasteiger charge is -2.13. The average molecular weight is 184 g/mol. The molecule has 0 heteroatoms. The number of hydrogen-bond acceptors (Lipinski definition) is 0. The molecule has 0 amide bonds. The number of rotatable bonds is 4. The molecule has 2 aliphatic rings. The van der Waals surface area contributed by atoms with Crippen molar-refractivity contribution in [3.8, 4) is 0 Å². The quantitative estimate of drug-likeness (QED) is 0.580. The van der Waals surface area contributed by atoms with Crippen molar-refractivity contribution >= 4 is 0 Å². The van der Waals surface area contributed by atoms with Crippen LogP contribution in [0.2, 0.25) is 0 Å². The second-order valence-electron chi connectivity index (χ2n) is 3.80. The Kier molecular flexibility index (Phi) is 2.83. The van der Waals surface area contributed by atoms with Crippen LogP contribution in [0.5, 0.6) is 0 Å². The Balaban J connectivity index is 2.02. The van der Waals surface area contributed by atoms with Crippen LogP contribution in [0, 0.1) is 5.92 Å². The maximum absolute atomic E-state index is 3.77. The van der Waals surface area contributed by atoms with E-state index >= 15 is 0 Å². The summed E-state index contributed by atoms with van der Waals surface area (Å²) in [7, 11) is 0. The fourth-order valence-electron chi connectivity index (χ4n) is 2.08. The first kappa shape index (κ1) is 9.26. The van der Waals surface area contributed by atoms with Gasteiger partial charge in [-0.05, 0) is 30.4 Å². The maximum Gasteiger partial charge on any atom is 0.00268 e. The van der Waals surface area contributed by atoms with E-state index in [2.05, 4.69) is 43.0 Å². The second kappa shape index (κ2) is 4.28. The minimum absolute atomic E-state index is 0.624. The van der Waals surface area contributed by atoms with Crippen LogP contribution >= 0.6 is 0 Å². The molecule has 0 N–H and O–H groups in total. The van der Waals surface area contributed by atoms with Crippen molar-refractivity contribution in [2.45, 2.75) is 19.3 Å². The third-order valence-corrected chi connectivity index (χ3v) is 2.84. The molecule has 0 nitrogen and oxygen atoms in total. The highest BCUT2D eigenvalue weighted by atomic mass is 14.2. The summed E-state index contributed by atoms with van der Waals surface area (Å²) in [5.74, 6) is 0.624. The van der Waals surface area contributed by atoms with Crippen LogP contribution in [0.3, 0.4) is 0 Å². The number of allylic oxidation sites excluding steroid dienone is 9. The van der Waals surface area contributed by atoms with Gasteiger partial charge < -0.3 is 0 Å². The van der Waals surface area contributed by atoms with Gasteiger partial charge >= 0.3 is 0 Å². The molecule has 0 radical (unpaired) electrons. The highest BCUT2D eigenvalue weighted by Gasteiger charge is 2.17. The highest BCUT2D eigenvalue weighted by molar-refractivity contribution is 5.46. The van der Waals surface area contributed by atoms with Crippen molar-refractivity contribution < 1.29 is 0 Å². The molecular weight excluding hydrogens is 168 g/mol. The van der Waals surface area contributed by atoms with Gasteiger partial charge in [-0.1, -0.05) is 42.5 Å². The van der Waals surface area contributed by atoms with Crippen molar-refractivity contribution in [3.63, 3.8) is 0 Å². The largest absolute Gasteiger partial charge is 0.103 e. The van der Waals surface area contributed by atoms with Gasteiger partial charge in [0, 0.05) is 5.92 Å². The average Bonchev–Trinajstić information content (AvgIpc) is 2.84. The minimum atomic E-state index is 0.624. The predicted molar refractivity (Wildman–Crippen MR) is 62.0 cm³/mol. The highest BCUT2D eigenvalue weighted by Crippen LogP contribution is 2.33. The van der Waals surface area contributed by atoms with Crippen LogP contribution in [0.15, 0.2) is 60.3 Å². The fourth-order valence-corrected chi connectivity index (χ4v) is 2.08. The van der Waals surface area contributed by atoms with Gasteiger partial charge in [0.15, 0.2) is 0 Å². The van der Waals surface area contributed by atoms with Gasteiger partial charge in [0.2, 0.25) is 0 Å². The Morgan fingerprint density at radius 1 is 1.36 bits per heavy atom. The van der Waals surface area contributed by atoms with E-state index in [-0.39, 0.29) is 0 Å². The predicted octanol–water partition coefficient (Wildman–Crippen LogP) is 3.95. The second-order valence-corrected chi connectivity index (χ2v) is 3.80. The maximum atomic E-state index is 3.77. The Morgan fingerprint density at radius 3 is 3.00 bits per heavy atom. The summed E-state index contributed by atoms with van der Waals surface area (Å²) >= 11 is 0. The van der Waals surface area contributed by atoms with Crippen LogP contribution in [-0.4, -0.2) is 0 Å². The van der Waals surface area contributed by atoms with Gasteiger partial charge in [-0.15, -0.1) is 6.58 Å². The van der Waals surface area contributed by atoms with E-state index in [4.69, 9.17) is 0 Å². The SMILES string of the molecule is C=CCCC1C=CC=C1C1=CC=CC1. The summed E-state index contributed by atoms with van der Waals surface area (Å²) in [5, 5.41) is 0. The van der Waals surface area contributed by atoms with Gasteiger partial charge in [0.25, 0.3) is 0 Å². The van der Waals surface area contributed by atoms with Crippen LogP contribution in [0.25, 0.3) is 0 Å². The van der Waals surface area contributed by atoms with Crippen LogP contribution in [-0.2, 0) is 0 Å². The van der Waals surface area contributed by atoms with E-state index < -0.39 is 0 Å². The third kappa shape index (κ3) is 1.79. The third-order valence-electron chi connectivity index (χ3n) is 2.84. The fraction of sp³-hybridized carbons (Fsp3) is 0.286. The van der Waals surface area contributed by atoms with Crippen molar-refractivity contribution in [1.82, 2.24) is 0 Å². The summed E-state index contributed by atoms with van der Waals surface area (Å²) in [6.45, 7) is 3.77. The molecule has 14 heavy (non-hydrogen) atoms. The normalized spacial score (nSPS) is 23.9. The zero-order valence-corrected chi connectivity index (χ0v) is 8.45. The standard InChI is InChI=1S/C14H16/c1-2-3-7-12-10-6-11-14(12)13-8-4-5-9-13/h2,4-6,8,10-12H,1,3,7,9H2. The van der Waals surface area contributed by atoms with E-state index in [9.17, 15) is 0 Å². The first-order valence-corrected chi connectivity index (χ1v) is 5.27.